The second kappa shape index (κ2) is 5.85. The van der Waals surface area contributed by atoms with Gasteiger partial charge in [0.05, 0.1) is 16.7 Å². The molecule has 0 amide bonds. The van der Waals surface area contributed by atoms with Crippen LogP contribution < -0.4 is 10.1 Å². The molecule has 1 aliphatic heterocycles. The van der Waals surface area contributed by atoms with Crippen molar-refractivity contribution >= 4 is 22.9 Å². The van der Waals surface area contributed by atoms with Crippen LogP contribution in [0, 0.1) is 17.1 Å². The molecule has 24 heavy (non-hydrogen) atoms. The lowest BCUT2D eigenvalue weighted by atomic mass is 9.83. The molecule has 3 rings (SSSR count). The van der Waals surface area contributed by atoms with Gasteiger partial charge in [0.15, 0.2) is 0 Å². The Bertz CT molecular complexity index is 879. The molecule has 0 spiro atoms. The lowest BCUT2D eigenvalue weighted by molar-refractivity contribution is 0.150. The molecule has 1 aliphatic rings. The van der Waals surface area contributed by atoms with Crippen molar-refractivity contribution in [3.05, 3.63) is 63.9 Å². The summed E-state index contributed by atoms with van der Waals surface area (Å²) >= 11 is 6.48. The number of anilines is 1. The predicted octanol–water partition coefficient (Wildman–Crippen LogP) is 5.02. The third-order valence-electron chi connectivity index (χ3n) is 4.05. The highest BCUT2D eigenvalue weighted by Gasteiger charge is 2.37. The fourth-order valence-corrected chi connectivity index (χ4v) is 3.20. The topological polar surface area (TPSA) is 45.0 Å². The van der Waals surface area contributed by atoms with Crippen molar-refractivity contribution in [3.63, 3.8) is 0 Å². The van der Waals surface area contributed by atoms with Gasteiger partial charge >= 0.3 is 0 Å². The molecule has 0 fully saturated rings. The van der Waals surface area contributed by atoms with E-state index in [1.807, 2.05) is 19.9 Å². The van der Waals surface area contributed by atoms with Gasteiger partial charge in [-0.05, 0) is 37.6 Å². The quantitative estimate of drug-likeness (QED) is 0.833. The van der Waals surface area contributed by atoms with Crippen LogP contribution in [0.1, 0.15) is 25.0 Å². The molecule has 0 saturated heterocycles. The zero-order chi connectivity index (χ0) is 17.5. The number of benzene rings is 2. The molecule has 0 aliphatic carbocycles. The number of rotatable bonds is 2. The van der Waals surface area contributed by atoms with Crippen LogP contribution in [0.3, 0.4) is 0 Å². The Morgan fingerprint density at radius 2 is 1.88 bits per heavy atom. The van der Waals surface area contributed by atoms with Gasteiger partial charge in [-0.2, -0.15) is 5.26 Å². The van der Waals surface area contributed by atoms with Gasteiger partial charge in [-0.3, -0.25) is 0 Å². The van der Waals surface area contributed by atoms with E-state index in [0.717, 1.165) is 11.3 Å². The van der Waals surface area contributed by atoms with Crippen LogP contribution >= 0.6 is 11.6 Å². The predicted molar refractivity (Wildman–Crippen MR) is 93.7 cm³/mol. The van der Waals surface area contributed by atoms with Gasteiger partial charge in [0.25, 0.3) is 0 Å². The Morgan fingerprint density at radius 3 is 2.46 bits per heavy atom. The van der Waals surface area contributed by atoms with E-state index >= 15 is 0 Å². The summed E-state index contributed by atoms with van der Waals surface area (Å²) in [6, 6.07) is 11.9. The number of nitrogens with one attached hydrogen (secondary N) is 1. The number of ether oxygens (including phenoxy) is 1. The molecule has 0 bridgehead atoms. The number of nitrogens with zero attached hydrogens (tertiary/aromatic N) is 1. The normalized spacial score (nSPS) is 15.3. The third kappa shape index (κ3) is 2.61. The molecule has 0 saturated carbocycles. The van der Waals surface area contributed by atoms with Crippen LogP contribution in [0.2, 0.25) is 5.02 Å². The summed E-state index contributed by atoms with van der Waals surface area (Å²) in [5.74, 6) is 0.260. The van der Waals surface area contributed by atoms with Crippen molar-refractivity contribution in [2.24, 2.45) is 0 Å². The molecule has 0 atom stereocenters. The molecule has 5 heteroatoms. The van der Waals surface area contributed by atoms with Crippen molar-refractivity contribution < 1.29 is 9.13 Å². The van der Waals surface area contributed by atoms with Gasteiger partial charge in [-0.25, -0.2) is 4.39 Å². The molecule has 122 valence electrons. The minimum atomic E-state index is -0.818. The first-order valence-electron chi connectivity index (χ1n) is 7.49. The first-order valence-corrected chi connectivity index (χ1v) is 7.86. The van der Waals surface area contributed by atoms with E-state index in [1.165, 1.54) is 12.1 Å². The van der Waals surface area contributed by atoms with Crippen molar-refractivity contribution in [3.8, 4) is 11.8 Å². The molecule has 3 nitrogen and oxygen atoms in total. The van der Waals surface area contributed by atoms with Crippen LogP contribution in [0.5, 0.6) is 5.75 Å². The van der Waals surface area contributed by atoms with Gasteiger partial charge in [-0.1, -0.05) is 23.7 Å². The molecule has 2 aromatic rings. The van der Waals surface area contributed by atoms with Crippen LogP contribution in [0.25, 0.3) is 5.57 Å². The molecule has 1 heterocycles. The van der Waals surface area contributed by atoms with Gasteiger partial charge in [0.1, 0.15) is 17.2 Å². The highest BCUT2D eigenvalue weighted by Crippen LogP contribution is 2.47. The van der Waals surface area contributed by atoms with Crippen molar-refractivity contribution in [1.29, 1.82) is 5.26 Å². The summed E-state index contributed by atoms with van der Waals surface area (Å²) in [7, 11) is 1.80. The number of fused-ring (bicyclic) bond motifs is 1. The van der Waals surface area contributed by atoms with Crippen LogP contribution in [0.15, 0.2) is 42.0 Å². The summed E-state index contributed by atoms with van der Waals surface area (Å²) in [5, 5.41) is 13.2. The second-order valence-electron chi connectivity index (χ2n) is 6.06. The molecular formula is C19H16ClFN2O. The lowest BCUT2D eigenvalue weighted by Gasteiger charge is -2.35. The Balaban J connectivity index is 2.36. The smallest absolute Gasteiger partial charge is 0.139 e. The maximum absolute atomic E-state index is 13.3. The zero-order valence-electron chi connectivity index (χ0n) is 13.6. The van der Waals surface area contributed by atoms with Gasteiger partial charge in [0, 0.05) is 29.9 Å². The van der Waals surface area contributed by atoms with E-state index in [-0.39, 0.29) is 5.82 Å². The van der Waals surface area contributed by atoms with E-state index in [1.54, 1.807) is 25.2 Å². The highest BCUT2D eigenvalue weighted by atomic mass is 35.5. The van der Waals surface area contributed by atoms with Crippen molar-refractivity contribution in [1.82, 2.24) is 0 Å². The highest BCUT2D eigenvalue weighted by molar-refractivity contribution is 6.33. The van der Waals surface area contributed by atoms with Gasteiger partial charge in [0.2, 0.25) is 0 Å². The fourth-order valence-electron chi connectivity index (χ4n) is 2.90. The largest absolute Gasteiger partial charge is 0.482 e. The van der Waals surface area contributed by atoms with Crippen molar-refractivity contribution in [2.75, 3.05) is 12.4 Å². The minimum absolute atomic E-state index is 0.332. The summed E-state index contributed by atoms with van der Waals surface area (Å²) in [5.41, 5.74) is 2.51. The van der Waals surface area contributed by atoms with E-state index in [9.17, 15) is 9.65 Å². The SMILES string of the molecule is CNc1cc(Cl)c2c(c1)OC(C)(C)C(C#N)=C2c1ccc(F)cc1. The summed E-state index contributed by atoms with van der Waals surface area (Å²) in [4.78, 5) is 0. The summed E-state index contributed by atoms with van der Waals surface area (Å²) in [6.45, 7) is 3.66. The molecule has 1 N–H and O–H groups in total. The molecule has 2 aromatic carbocycles. The van der Waals surface area contributed by atoms with Crippen LogP contribution in [-0.4, -0.2) is 12.6 Å². The number of hydrogen-bond acceptors (Lipinski definition) is 3. The third-order valence-corrected chi connectivity index (χ3v) is 4.35. The standard InChI is InChI=1S/C19H16ClFN2O/c1-19(2)14(10-22)17(11-4-6-12(21)7-5-11)18-15(20)8-13(23-3)9-16(18)24-19/h4-9,23H,1-3H3. The Morgan fingerprint density at radius 1 is 1.21 bits per heavy atom. The van der Waals surface area contributed by atoms with Gasteiger partial charge < -0.3 is 10.1 Å². The summed E-state index contributed by atoms with van der Waals surface area (Å²) in [6.07, 6.45) is 0. The molecular weight excluding hydrogens is 327 g/mol. The average molecular weight is 343 g/mol. The van der Waals surface area contributed by atoms with E-state index in [0.29, 0.717) is 27.5 Å². The molecule has 0 radical (unpaired) electrons. The average Bonchev–Trinajstić information content (AvgIpc) is 2.53. The van der Waals surface area contributed by atoms with E-state index in [4.69, 9.17) is 16.3 Å². The van der Waals surface area contributed by atoms with E-state index < -0.39 is 5.60 Å². The zero-order valence-corrected chi connectivity index (χ0v) is 14.3. The van der Waals surface area contributed by atoms with Gasteiger partial charge in [-0.15, -0.1) is 0 Å². The monoisotopic (exact) mass is 342 g/mol. The van der Waals surface area contributed by atoms with Crippen molar-refractivity contribution in [2.45, 2.75) is 19.4 Å². The number of hydrogen-bond donors (Lipinski definition) is 1. The fraction of sp³-hybridized carbons (Fsp3) is 0.211. The second-order valence-corrected chi connectivity index (χ2v) is 6.47. The lowest BCUT2D eigenvalue weighted by Crippen LogP contribution is -2.34. The maximum Gasteiger partial charge on any atom is 0.139 e. The summed E-state index contributed by atoms with van der Waals surface area (Å²) < 4.78 is 19.4. The maximum atomic E-state index is 13.3. The number of halogens is 2. The Kier molecular flexibility index (Phi) is 3.98. The Labute approximate surface area is 145 Å². The van der Waals surface area contributed by atoms with Crippen LogP contribution in [-0.2, 0) is 0 Å². The van der Waals surface area contributed by atoms with Crippen LogP contribution in [0.4, 0.5) is 10.1 Å². The number of nitriles is 1. The molecule has 0 unspecified atom stereocenters. The first kappa shape index (κ1) is 16.4. The van der Waals surface area contributed by atoms with E-state index in [2.05, 4.69) is 11.4 Å². The first-order chi connectivity index (χ1) is 11.4. The minimum Gasteiger partial charge on any atom is -0.482 e. The Hall–Kier alpha value is -2.51. The molecule has 0 aromatic heterocycles.